The van der Waals surface area contributed by atoms with Crippen LogP contribution >= 0.6 is 31.9 Å². The maximum absolute atomic E-state index is 14.0. The first-order valence-electron chi connectivity index (χ1n) is 39.0. The Balaban J connectivity index is 0.000000205. The number of anilines is 11. The summed E-state index contributed by atoms with van der Waals surface area (Å²) in [5, 5.41) is 11.4. The summed E-state index contributed by atoms with van der Waals surface area (Å²) < 4.78 is 46.7. The van der Waals surface area contributed by atoms with Crippen molar-refractivity contribution in [3.8, 4) is 44.8 Å². The van der Waals surface area contributed by atoms with E-state index >= 15 is 0 Å². The molecule has 0 fully saturated rings. The number of nitrogens with zero attached hydrogens (tertiary/aromatic N) is 4. The molecule has 0 saturated carbocycles. The molecule has 0 aliphatic carbocycles. The van der Waals surface area contributed by atoms with Gasteiger partial charge in [-0.1, -0.05) is 242 Å². The fraction of sp³-hybridized carbons (Fsp3) is 0.0727. The lowest BCUT2D eigenvalue weighted by Gasteiger charge is -2.26. The van der Waals surface area contributed by atoms with Crippen LogP contribution in [0.5, 0.6) is 0 Å². The zero-order valence-electron chi connectivity index (χ0n) is 65.4. The van der Waals surface area contributed by atoms with Gasteiger partial charge in [0.25, 0.3) is 0 Å². The normalized spacial score (nSPS) is 10.6. The van der Waals surface area contributed by atoms with Gasteiger partial charge >= 0.3 is 0 Å². The number of nitrogens with two attached hydrogens (primary N) is 1. The standard InChI is InChI=1S/C62H44F2N4.C26H24N2.C12H8Br2.C6H6FN.4CH4/c1-41-11-23-47(24-12-41)65(53-35-37-61-57(39-53)55-7-3-5-9-59(55)67(61)51-31-19-45(63)20-32-51)49-27-15-43(16-28-49)44-17-29-50(30-18-44)66(48-25-13-42(2)14-26-48)54-36-38-62-58(40-54)56-8-4-6-10-60(56)68(62)52-33-21-46(64)22-34-52;1-19-3-11-23(12-4-19)27-25-15-7-21(8-16-25)22-9-17-26(18-10-22)28-24-13-5-20(2)6-14-24;13-11-5-1-9(2-6-11)10-3-7-12(14)8-4-10;7-5-1-3-6(8)4-2-5;;;;/h3-40H,1-2H3;3-18,27-28H,1-2H3;1-8H;1-4H,8H2;4*1H4. The van der Waals surface area contributed by atoms with Gasteiger partial charge in [0, 0.05) is 104 Å². The Morgan fingerprint density at radius 2 is 0.475 bits per heavy atom. The smallest absolute Gasteiger partial charge is 0.123 e. The van der Waals surface area contributed by atoms with E-state index in [1.54, 1.807) is 0 Å². The Labute approximate surface area is 732 Å². The Morgan fingerprint density at radius 3 is 0.770 bits per heavy atom. The van der Waals surface area contributed by atoms with Crippen molar-refractivity contribution < 1.29 is 13.2 Å². The van der Waals surface area contributed by atoms with Gasteiger partial charge in [0.1, 0.15) is 17.5 Å². The van der Waals surface area contributed by atoms with Crippen molar-refractivity contribution in [2.45, 2.75) is 57.4 Å². The van der Waals surface area contributed by atoms with Crippen LogP contribution in [0.2, 0.25) is 0 Å². The van der Waals surface area contributed by atoms with Gasteiger partial charge in [-0.3, -0.25) is 0 Å². The largest absolute Gasteiger partial charge is 0.399 e. The lowest BCUT2D eigenvalue weighted by atomic mass is 10.0. The van der Waals surface area contributed by atoms with Gasteiger partial charge in [0.15, 0.2) is 0 Å². The van der Waals surface area contributed by atoms with Crippen LogP contribution in [-0.4, -0.2) is 9.13 Å². The molecular formula is C110H98Br2F3N7. The molecule has 19 aromatic rings. The minimum atomic E-state index is -0.255. The first-order valence-corrected chi connectivity index (χ1v) is 40.6. The summed E-state index contributed by atoms with van der Waals surface area (Å²) >= 11 is 6.84. The van der Waals surface area contributed by atoms with E-state index in [-0.39, 0.29) is 47.2 Å². The van der Waals surface area contributed by atoms with E-state index in [0.29, 0.717) is 5.69 Å². The number of aryl methyl sites for hydroxylation is 4. The van der Waals surface area contributed by atoms with Crippen LogP contribution in [0.4, 0.5) is 75.7 Å². The van der Waals surface area contributed by atoms with Gasteiger partial charge in [-0.2, -0.15) is 0 Å². The van der Waals surface area contributed by atoms with Gasteiger partial charge in [0.2, 0.25) is 0 Å². The van der Waals surface area contributed by atoms with Gasteiger partial charge < -0.3 is 35.3 Å². The zero-order chi connectivity index (χ0) is 81.2. The third kappa shape index (κ3) is 20.3. The fourth-order valence-corrected chi connectivity index (χ4v) is 15.2. The molecule has 0 radical (unpaired) electrons. The van der Waals surface area contributed by atoms with Crippen LogP contribution in [0.25, 0.3) is 88.4 Å². The zero-order valence-corrected chi connectivity index (χ0v) is 68.5. The highest BCUT2D eigenvalue weighted by Crippen LogP contribution is 2.44. The summed E-state index contributed by atoms with van der Waals surface area (Å²) in [7, 11) is 0. The number of para-hydroxylation sites is 2. The molecule has 0 bridgehead atoms. The molecule has 19 rings (SSSR count). The van der Waals surface area contributed by atoms with E-state index in [9.17, 15) is 13.2 Å². The predicted molar refractivity (Wildman–Crippen MR) is 525 cm³/mol. The number of nitrogen functional groups attached to an aromatic ring is 1. The van der Waals surface area contributed by atoms with Crippen molar-refractivity contribution in [1.82, 2.24) is 9.13 Å². The third-order valence-corrected chi connectivity index (χ3v) is 21.9. The summed E-state index contributed by atoms with van der Waals surface area (Å²) in [6.45, 7) is 8.42. The van der Waals surface area contributed by atoms with E-state index < -0.39 is 0 Å². The van der Waals surface area contributed by atoms with E-state index in [0.717, 1.165) is 132 Å². The Hall–Kier alpha value is -13.9. The van der Waals surface area contributed by atoms with Gasteiger partial charge in [-0.25, -0.2) is 13.2 Å². The number of aromatic nitrogens is 2. The van der Waals surface area contributed by atoms with E-state index in [1.807, 2.05) is 24.3 Å². The van der Waals surface area contributed by atoms with Crippen LogP contribution in [0, 0.1) is 45.1 Å². The maximum atomic E-state index is 14.0. The molecule has 0 saturated heterocycles. The highest BCUT2D eigenvalue weighted by atomic mass is 79.9. The van der Waals surface area contributed by atoms with Crippen molar-refractivity contribution >= 4 is 138 Å². The van der Waals surface area contributed by atoms with Gasteiger partial charge in [0.05, 0.1) is 22.1 Å². The summed E-state index contributed by atoms with van der Waals surface area (Å²) in [6.07, 6.45) is 0. The molecular weight excluding hydrogens is 1640 g/mol. The Morgan fingerprint density at radius 1 is 0.246 bits per heavy atom. The molecule has 0 aliphatic heterocycles. The second kappa shape index (κ2) is 39.8. The third-order valence-electron chi connectivity index (χ3n) is 20.8. The topological polar surface area (TPSA) is 66.4 Å². The maximum Gasteiger partial charge on any atom is 0.123 e. The van der Waals surface area contributed by atoms with Crippen LogP contribution in [0.1, 0.15) is 52.0 Å². The number of rotatable bonds is 15. The number of halogens is 5. The number of fused-ring (bicyclic) bond motifs is 6. The number of benzene rings is 17. The van der Waals surface area contributed by atoms with Crippen LogP contribution in [0.3, 0.4) is 0 Å². The summed E-state index contributed by atoms with van der Waals surface area (Å²) in [4.78, 5) is 4.62. The first kappa shape index (κ1) is 87.4. The molecule has 4 N–H and O–H groups in total. The van der Waals surface area contributed by atoms with E-state index in [2.05, 4.69) is 417 Å². The summed E-state index contributed by atoms with van der Waals surface area (Å²) in [5.41, 5.74) is 34.6. The van der Waals surface area contributed by atoms with Gasteiger partial charge in [-0.15, -0.1) is 0 Å². The Kier molecular flexibility index (Phi) is 28.5. The number of hydrogen-bond acceptors (Lipinski definition) is 5. The predicted octanol–water partition coefficient (Wildman–Crippen LogP) is 33.7. The molecule has 0 atom stereocenters. The molecule has 2 aromatic heterocycles. The van der Waals surface area contributed by atoms with E-state index in [4.69, 9.17) is 5.73 Å². The summed E-state index contributed by atoms with van der Waals surface area (Å²) in [6, 6.07) is 135. The van der Waals surface area contributed by atoms with Crippen molar-refractivity contribution in [3.05, 3.63) is 449 Å². The highest BCUT2D eigenvalue weighted by Gasteiger charge is 2.21. The molecule has 0 aliphatic rings. The second-order valence-corrected chi connectivity index (χ2v) is 31.0. The lowest BCUT2D eigenvalue weighted by Crippen LogP contribution is -2.10. The average Bonchev–Trinajstić information content (AvgIpc) is 1.62. The lowest BCUT2D eigenvalue weighted by molar-refractivity contribution is 0.627. The molecule has 7 nitrogen and oxygen atoms in total. The van der Waals surface area contributed by atoms with Crippen LogP contribution in [0.15, 0.2) is 409 Å². The van der Waals surface area contributed by atoms with Crippen molar-refractivity contribution in [1.29, 1.82) is 0 Å². The van der Waals surface area contributed by atoms with E-state index in [1.165, 1.54) is 93.0 Å². The van der Waals surface area contributed by atoms with Crippen molar-refractivity contribution in [2.24, 2.45) is 0 Å². The van der Waals surface area contributed by atoms with Gasteiger partial charge in [-0.05, 0) is 304 Å². The quantitative estimate of drug-likeness (QED) is 0.0893. The molecule has 17 aromatic carbocycles. The molecule has 0 amide bonds. The SMILES string of the molecule is Brc1ccc(-c2ccc(Br)cc2)cc1.C.C.C.C.Cc1ccc(N(c2ccc(-c3ccc(N(c4ccc(C)cc4)c4ccc5c(c4)c4ccccc4n5-c4ccc(F)cc4)cc3)cc2)c2ccc3c(c2)c2ccccc2n3-c2ccc(F)cc2)cc1.Cc1ccc(Nc2ccc(-c3ccc(Nc4ccc(C)cc4)cc3)cc2)cc1.Nc1ccc(F)cc1. The monoisotopic (exact) mass is 1730 g/mol. The fourth-order valence-electron chi connectivity index (χ4n) is 14.7. The first-order chi connectivity index (χ1) is 57.5. The Bertz CT molecular complexity index is 6220. The minimum Gasteiger partial charge on any atom is -0.399 e. The van der Waals surface area contributed by atoms with Crippen LogP contribution in [-0.2, 0) is 0 Å². The molecule has 2 heterocycles. The number of nitrogens with one attached hydrogen (secondary N) is 2. The minimum absolute atomic E-state index is 0. The van der Waals surface area contributed by atoms with Crippen molar-refractivity contribution in [3.63, 3.8) is 0 Å². The van der Waals surface area contributed by atoms with Crippen LogP contribution < -0.4 is 26.2 Å². The van der Waals surface area contributed by atoms with Crippen molar-refractivity contribution in [2.75, 3.05) is 26.2 Å². The second-order valence-electron chi connectivity index (χ2n) is 29.2. The summed E-state index contributed by atoms with van der Waals surface area (Å²) in [5.74, 6) is -0.761. The molecule has 608 valence electrons. The average molecular weight is 1730 g/mol. The number of hydrogen-bond donors (Lipinski definition) is 3. The highest BCUT2D eigenvalue weighted by molar-refractivity contribution is 9.10. The molecule has 12 heteroatoms. The molecule has 0 unspecified atom stereocenters. The molecule has 122 heavy (non-hydrogen) atoms. The molecule has 0 spiro atoms.